The van der Waals surface area contributed by atoms with Gasteiger partial charge in [-0.1, -0.05) is 60.2 Å². The summed E-state index contributed by atoms with van der Waals surface area (Å²) >= 11 is 0. The van der Waals surface area contributed by atoms with Crippen LogP contribution in [0.1, 0.15) is 16.7 Å². The van der Waals surface area contributed by atoms with Gasteiger partial charge in [0.2, 0.25) is 0 Å². The first kappa shape index (κ1) is 15.0. The summed E-state index contributed by atoms with van der Waals surface area (Å²) in [5.74, 6) is -1.00. The topological polar surface area (TPSA) is 57.6 Å². The van der Waals surface area contributed by atoms with Crippen molar-refractivity contribution in [2.45, 2.75) is 13.5 Å². The summed E-state index contributed by atoms with van der Waals surface area (Å²) in [6, 6.07) is 16.6. The molecule has 2 aromatic rings. The van der Waals surface area contributed by atoms with Crippen molar-refractivity contribution >= 4 is 17.4 Å². The number of aryl methyl sites for hydroxylation is 1. The Morgan fingerprint density at radius 3 is 2.35 bits per heavy atom. The van der Waals surface area contributed by atoms with Gasteiger partial charge in [-0.3, -0.25) is 9.59 Å². The second kappa shape index (κ2) is 6.08. The van der Waals surface area contributed by atoms with Crippen molar-refractivity contribution in [2.75, 3.05) is 6.54 Å². The molecule has 3 rings (SSSR count). The van der Waals surface area contributed by atoms with Crippen LogP contribution in [0.25, 0.3) is 5.76 Å². The van der Waals surface area contributed by atoms with Crippen molar-refractivity contribution in [1.82, 2.24) is 4.90 Å². The number of benzene rings is 2. The molecular weight excluding hydrogens is 290 g/mol. The van der Waals surface area contributed by atoms with E-state index in [1.54, 1.807) is 12.1 Å². The zero-order valence-corrected chi connectivity index (χ0v) is 12.8. The molecule has 1 aliphatic heterocycles. The van der Waals surface area contributed by atoms with Gasteiger partial charge in [-0.25, -0.2) is 0 Å². The zero-order valence-electron chi connectivity index (χ0n) is 12.8. The fourth-order valence-corrected chi connectivity index (χ4v) is 2.62. The van der Waals surface area contributed by atoms with E-state index in [4.69, 9.17) is 0 Å². The van der Waals surface area contributed by atoms with Gasteiger partial charge in [0.1, 0.15) is 11.3 Å². The summed E-state index contributed by atoms with van der Waals surface area (Å²) in [6.45, 7) is 2.29. The third-order valence-corrected chi connectivity index (χ3v) is 3.89. The van der Waals surface area contributed by atoms with Crippen molar-refractivity contribution in [3.05, 3.63) is 76.9 Å². The number of likely N-dealkylation sites (tertiary alicyclic amines) is 1. The summed E-state index contributed by atoms with van der Waals surface area (Å²) in [5.41, 5.74) is 2.35. The lowest BCUT2D eigenvalue weighted by molar-refractivity contribution is -0.125. The minimum atomic E-state index is -0.420. The quantitative estimate of drug-likeness (QED) is 0.539. The molecule has 1 saturated heterocycles. The standard InChI is InChI=1S/C19H17NO3/c1-13-7-9-15(10-8-13)18(22)17-16(21)12-20(19(17)23)11-14-5-3-2-4-6-14/h2-10,22H,11-12H2,1H3/b18-17+. The number of amides is 1. The van der Waals surface area contributed by atoms with Crippen LogP contribution in [0.15, 0.2) is 60.2 Å². The van der Waals surface area contributed by atoms with Crippen molar-refractivity contribution in [3.8, 4) is 0 Å². The van der Waals surface area contributed by atoms with Crippen LogP contribution in [0.4, 0.5) is 0 Å². The predicted molar refractivity (Wildman–Crippen MR) is 87.6 cm³/mol. The summed E-state index contributed by atoms with van der Waals surface area (Å²) in [6.07, 6.45) is 0. The largest absolute Gasteiger partial charge is 0.506 e. The monoisotopic (exact) mass is 307 g/mol. The number of Topliss-reactive ketones (excluding diaryl/α,β-unsaturated/α-hetero) is 1. The SMILES string of the molecule is Cc1ccc(/C(O)=C2/C(=O)CN(Cc3ccccc3)C2=O)cc1. The van der Waals surface area contributed by atoms with E-state index >= 15 is 0 Å². The highest BCUT2D eigenvalue weighted by Gasteiger charge is 2.36. The molecule has 0 aliphatic carbocycles. The first-order valence-electron chi connectivity index (χ1n) is 7.43. The minimum Gasteiger partial charge on any atom is -0.506 e. The Morgan fingerprint density at radius 1 is 1.04 bits per heavy atom. The maximum absolute atomic E-state index is 12.5. The number of aliphatic hydroxyl groups excluding tert-OH is 1. The Balaban J connectivity index is 1.89. The summed E-state index contributed by atoms with van der Waals surface area (Å²) in [7, 11) is 0. The highest BCUT2D eigenvalue weighted by atomic mass is 16.3. The molecule has 1 fully saturated rings. The van der Waals surface area contributed by atoms with Gasteiger partial charge in [0.25, 0.3) is 5.91 Å². The molecule has 0 atom stereocenters. The van der Waals surface area contributed by atoms with Crippen LogP contribution in [-0.2, 0) is 16.1 Å². The third kappa shape index (κ3) is 3.01. The van der Waals surface area contributed by atoms with E-state index in [0.29, 0.717) is 12.1 Å². The fraction of sp³-hybridized carbons (Fsp3) is 0.158. The average Bonchev–Trinajstić information content (AvgIpc) is 2.82. The maximum Gasteiger partial charge on any atom is 0.262 e. The Morgan fingerprint density at radius 2 is 1.70 bits per heavy atom. The van der Waals surface area contributed by atoms with Gasteiger partial charge >= 0.3 is 0 Å². The van der Waals surface area contributed by atoms with Crippen LogP contribution in [0.3, 0.4) is 0 Å². The highest BCUT2D eigenvalue weighted by molar-refractivity contribution is 6.28. The first-order valence-corrected chi connectivity index (χ1v) is 7.43. The summed E-state index contributed by atoms with van der Waals surface area (Å²) in [5, 5.41) is 10.3. The normalized spacial score (nSPS) is 16.8. The second-order valence-corrected chi connectivity index (χ2v) is 5.66. The van der Waals surface area contributed by atoms with E-state index in [1.807, 2.05) is 49.4 Å². The number of aliphatic hydroxyl groups is 1. The van der Waals surface area contributed by atoms with Crippen molar-refractivity contribution in [1.29, 1.82) is 0 Å². The molecule has 0 spiro atoms. The van der Waals surface area contributed by atoms with Gasteiger partial charge in [-0.05, 0) is 12.5 Å². The van der Waals surface area contributed by atoms with Crippen molar-refractivity contribution in [3.63, 3.8) is 0 Å². The van der Waals surface area contributed by atoms with Gasteiger partial charge in [0, 0.05) is 12.1 Å². The van der Waals surface area contributed by atoms with Crippen molar-refractivity contribution in [2.24, 2.45) is 0 Å². The molecule has 1 aliphatic rings. The molecule has 0 radical (unpaired) electrons. The number of carbonyl (C=O) groups excluding carboxylic acids is 2. The van der Waals surface area contributed by atoms with E-state index < -0.39 is 5.91 Å². The fourth-order valence-electron chi connectivity index (χ4n) is 2.62. The second-order valence-electron chi connectivity index (χ2n) is 5.66. The number of hydrogen-bond acceptors (Lipinski definition) is 3. The molecular formula is C19H17NO3. The molecule has 4 nitrogen and oxygen atoms in total. The molecule has 1 heterocycles. The molecule has 0 aromatic heterocycles. The maximum atomic E-state index is 12.5. The molecule has 0 unspecified atom stereocenters. The molecule has 1 amide bonds. The minimum absolute atomic E-state index is 0.00101. The molecule has 0 saturated carbocycles. The highest BCUT2D eigenvalue weighted by Crippen LogP contribution is 2.24. The number of hydrogen-bond donors (Lipinski definition) is 1. The van der Waals surface area contributed by atoms with Gasteiger partial charge in [0.15, 0.2) is 5.78 Å². The van der Waals surface area contributed by atoms with Crippen molar-refractivity contribution < 1.29 is 14.7 Å². The van der Waals surface area contributed by atoms with Crippen LogP contribution in [-0.4, -0.2) is 28.2 Å². The van der Waals surface area contributed by atoms with Gasteiger partial charge < -0.3 is 10.0 Å². The zero-order chi connectivity index (χ0) is 16.4. The molecule has 2 aromatic carbocycles. The summed E-state index contributed by atoms with van der Waals surface area (Å²) in [4.78, 5) is 26.1. The van der Waals surface area contributed by atoms with Crippen LogP contribution in [0.5, 0.6) is 0 Å². The number of rotatable bonds is 3. The van der Waals surface area contributed by atoms with Crippen LogP contribution in [0.2, 0.25) is 0 Å². The smallest absolute Gasteiger partial charge is 0.262 e. The Labute approximate surface area is 134 Å². The van der Waals surface area contributed by atoms with E-state index in [-0.39, 0.29) is 23.7 Å². The van der Waals surface area contributed by atoms with Gasteiger partial charge in [-0.2, -0.15) is 0 Å². The lowest BCUT2D eigenvalue weighted by atomic mass is 10.1. The van der Waals surface area contributed by atoms with E-state index in [9.17, 15) is 14.7 Å². The lowest BCUT2D eigenvalue weighted by Crippen LogP contribution is -2.25. The number of ketones is 1. The number of carbonyl (C=O) groups is 2. The molecule has 116 valence electrons. The van der Waals surface area contributed by atoms with Gasteiger partial charge in [-0.15, -0.1) is 0 Å². The predicted octanol–water partition coefficient (Wildman–Crippen LogP) is 2.88. The Bertz CT molecular complexity index is 776. The third-order valence-electron chi connectivity index (χ3n) is 3.89. The van der Waals surface area contributed by atoms with Crippen LogP contribution in [0, 0.1) is 6.92 Å². The lowest BCUT2D eigenvalue weighted by Gasteiger charge is -2.14. The number of nitrogens with zero attached hydrogens (tertiary/aromatic N) is 1. The van der Waals surface area contributed by atoms with Gasteiger partial charge in [0.05, 0.1) is 6.54 Å². The van der Waals surface area contributed by atoms with E-state index in [1.165, 1.54) is 4.90 Å². The first-order chi connectivity index (χ1) is 11.1. The van der Waals surface area contributed by atoms with E-state index in [0.717, 1.165) is 11.1 Å². The average molecular weight is 307 g/mol. The van der Waals surface area contributed by atoms with E-state index in [2.05, 4.69) is 0 Å². The molecule has 23 heavy (non-hydrogen) atoms. The molecule has 1 N–H and O–H groups in total. The summed E-state index contributed by atoms with van der Waals surface area (Å²) < 4.78 is 0. The molecule has 0 bridgehead atoms. The molecule has 4 heteroatoms. The van der Waals surface area contributed by atoms with Crippen LogP contribution >= 0.6 is 0 Å². The Kier molecular flexibility index (Phi) is 3.98. The Hall–Kier alpha value is -2.88. The van der Waals surface area contributed by atoms with Crippen LogP contribution < -0.4 is 0 Å².